The number of benzene rings is 1. The number of hydrogen-bond donors (Lipinski definition) is 3. The Kier molecular flexibility index (Phi) is 5.65. The quantitative estimate of drug-likeness (QED) is 0.560. The van der Waals surface area contributed by atoms with E-state index < -0.39 is 18.2 Å². The molecule has 2 atom stereocenters. The van der Waals surface area contributed by atoms with Gasteiger partial charge in [0.25, 0.3) is 0 Å². The number of aliphatic hydroxyl groups is 2. The molecule has 100 valence electrons. The normalized spacial score (nSPS) is 14.1. The van der Waals surface area contributed by atoms with Gasteiger partial charge in [-0.3, -0.25) is 0 Å². The average molecular weight is 270 g/mol. The van der Waals surface area contributed by atoms with E-state index in [4.69, 9.17) is 0 Å². The van der Waals surface area contributed by atoms with Crippen molar-refractivity contribution >= 4 is 18.6 Å². The summed E-state index contributed by atoms with van der Waals surface area (Å²) in [4.78, 5) is 11.5. The zero-order valence-electron chi connectivity index (χ0n) is 10.5. The fourth-order valence-electron chi connectivity index (χ4n) is 1.67. The second-order valence-corrected chi connectivity index (χ2v) is 4.54. The van der Waals surface area contributed by atoms with E-state index in [0.29, 0.717) is 23.3 Å². The molecule has 0 saturated heterocycles. The summed E-state index contributed by atoms with van der Waals surface area (Å²) >= 11 is 4.01. The number of hydrogen-bond acceptors (Lipinski definition) is 5. The Morgan fingerprint density at radius 1 is 1.44 bits per heavy atom. The Morgan fingerprint density at radius 3 is 2.67 bits per heavy atom. The lowest BCUT2D eigenvalue weighted by Gasteiger charge is -2.18. The first-order chi connectivity index (χ1) is 8.51. The van der Waals surface area contributed by atoms with Gasteiger partial charge in [0.1, 0.15) is 6.10 Å². The first kappa shape index (κ1) is 15.0. The molecule has 0 amide bonds. The average Bonchev–Trinajstić information content (AvgIpc) is 2.38. The molecule has 5 heteroatoms. The summed E-state index contributed by atoms with van der Waals surface area (Å²) in [6, 6.07) is 4.96. The van der Waals surface area contributed by atoms with Crippen LogP contribution in [-0.4, -0.2) is 35.1 Å². The van der Waals surface area contributed by atoms with Crippen molar-refractivity contribution in [2.45, 2.75) is 25.6 Å². The monoisotopic (exact) mass is 270 g/mol. The lowest BCUT2D eigenvalue weighted by Crippen LogP contribution is -2.19. The van der Waals surface area contributed by atoms with Crippen LogP contribution in [0.25, 0.3) is 0 Å². The minimum absolute atomic E-state index is 0.381. The zero-order chi connectivity index (χ0) is 13.7. The van der Waals surface area contributed by atoms with Crippen molar-refractivity contribution in [3.8, 4) is 0 Å². The predicted molar refractivity (Wildman–Crippen MR) is 72.0 cm³/mol. The second-order valence-electron chi connectivity index (χ2n) is 4.09. The molecule has 0 aromatic heterocycles. The molecule has 2 N–H and O–H groups in total. The molecule has 1 rings (SSSR count). The molecule has 0 aliphatic rings. The third-order valence-corrected chi connectivity index (χ3v) is 3.06. The lowest BCUT2D eigenvalue weighted by atomic mass is 9.98. The molecule has 1 aromatic rings. The maximum atomic E-state index is 11.5. The predicted octanol–water partition coefficient (Wildman–Crippen LogP) is 1.50. The second kappa shape index (κ2) is 6.78. The van der Waals surface area contributed by atoms with Crippen LogP contribution >= 0.6 is 12.6 Å². The fourth-order valence-corrected chi connectivity index (χ4v) is 1.93. The van der Waals surface area contributed by atoms with E-state index in [1.54, 1.807) is 25.1 Å². The highest BCUT2D eigenvalue weighted by Gasteiger charge is 2.20. The SMILES string of the molecule is COC(=O)c1cc(C(O)C(O)CCS)ccc1C. The summed E-state index contributed by atoms with van der Waals surface area (Å²) in [6.07, 6.45) is -1.54. The van der Waals surface area contributed by atoms with Crippen LogP contribution in [0, 0.1) is 6.92 Å². The van der Waals surface area contributed by atoms with Crippen molar-refractivity contribution in [2.75, 3.05) is 12.9 Å². The number of esters is 1. The largest absolute Gasteiger partial charge is 0.465 e. The number of carbonyl (C=O) groups excluding carboxylic acids is 1. The van der Waals surface area contributed by atoms with Crippen LogP contribution in [0.3, 0.4) is 0 Å². The van der Waals surface area contributed by atoms with Gasteiger partial charge >= 0.3 is 5.97 Å². The minimum atomic E-state index is -1.03. The number of rotatable bonds is 5. The topological polar surface area (TPSA) is 66.8 Å². The molecule has 0 heterocycles. The molecule has 0 fully saturated rings. The van der Waals surface area contributed by atoms with Crippen LogP contribution in [-0.2, 0) is 4.74 Å². The van der Waals surface area contributed by atoms with Gasteiger partial charge in [-0.15, -0.1) is 0 Å². The number of aryl methyl sites for hydroxylation is 1. The van der Waals surface area contributed by atoms with Gasteiger partial charge < -0.3 is 14.9 Å². The van der Waals surface area contributed by atoms with Crippen molar-refractivity contribution in [1.29, 1.82) is 0 Å². The zero-order valence-corrected chi connectivity index (χ0v) is 11.4. The van der Waals surface area contributed by atoms with Crippen molar-refractivity contribution in [3.63, 3.8) is 0 Å². The van der Waals surface area contributed by atoms with Gasteiger partial charge in [0.2, 0.25) is 0 Å². The van der Waals surface area contributed by atoms with Crippen LogP contribution in [0.4, 0.5) is 0 Å². The molecule has 0 bridgehead atoms. The maximum Gasteiger partial charge on any atom is 0.338 e. The van der Waals surface area contributed by atoms with Crippen LogP contribution in [0.1, 0.15) is 34.0 Å². The summed E-state index contributed by atoms with van der Waals surface area (Å²) in [5.41, 5.74) is 1.66. The van der Waals surface area contributed by atoms with E-state index in [2.05, 4.69) is 17.4 Å². The standard InChI is InChI=1S/C13H18O4S/c1-8-3-4-9(7-10(8)13(16)17-2)12(15)11(14)5-6-18/h3-4,7,11-12,14-15,18H,5-6H2,1-2H3. The Hall–Kier alpha value is -1.04. The number of methoxy groups -OCH3 is 1. The minimum Gasteiger partial charge on any atom is -0.465 e. The van der Waals surface area contributed by atoms with Crippen LogP contribution in [0.2, 0.25) is 0 Å². The molecule has 4 nitrogen and oxygen atoms in total. The first-order valence-corrected chi connectivity index (χ1v) is 6.30. The smallest absolute Gasteiger partial charge is 0.338 e. The number of aliphatic hydroxyl groups excluding tert-OH is 2. The molecule has 0 aliphatic heterocycles. The van der Waals surface area contributed by atoms with Crippen LogP contribution in [0.5, 0.6) is 0 Å². The first-order valence-electron chi connectivity index (χ1n) is 5.67. The molecule has 18 heavy (non-hydrogen) atoms. The summed E-state index contributed by atoms with van der Waals surface area (Å²) in [5, 5.41) is 19.7. The highest BCUT2D eigenvalue weighted by atomic mass is 32.1. The third-order valence-electron chi connectivity index (χ3n) is 2.80. The molecular formula is C13H18O4S. The third kappa shape index (κ3) is 3.48. The number of thiol groups is 1. The van der Waals surface area contributed by atoms with Crippen LogP contribution in [0.15, 0.2) is 18.2 Å². The van der Waals surface area contributed by atoms with Gasteiger partial charge in [-0.05, 0) is 36.3 Å². The van der Waals surface area contributed by atoms with Gasteiger partial charge in [0, 0.05) is 0 Å². The van der Waals surface area contributed by atoms with Crippen molar-refractivity contribution < 1.29 is 19.7 Å². The molecule has 0 saturated carbocycles. The summed E-state index contributed by atoms with van der Waals surface area (Å²) in [7, 11) is 1.31. The Labute approximate surface area is 112 Å². The van der Waals surface area contributed by atoms with Gasteiger partial charge in [0.05, 0.1) is 18.8 Å². The van der Waals surface area contributed by atoms with E-state index in [1.807, 2.05) is 0 Å². The summed E-state index contributed by atoms with van der Waals surface area (Å²) in [6.45, 7) is 1.78. The van der Waals surface area contributed by atoms with E-state index >= 15 is 0 Å². The molecule has 0 radical (unpaired) electrons. The van der Waals surface area contributed by atoms with Gasteiger partial charge in [-0.2, -0.15) is 12.6 Å². The molecule has 0 spiro atoms. The van der Waals surface area contributed by atoms with Crippen LogP contribution < -0.4 is 0 Å². The Balaban J connectivity index is 3.00. The number of ether oxygens (including phenoxy) is 1. The van der Waals surface area contributed by atoms with Crippen molar-refractivity contribution in [1.82, 2.24) is 0 Å². The van der Waals surface area contributed by atoms with Gasteiger partial charge in [-0.25, -0.2) is 4.79 Å². The van der Waals surface area contributed by atoms with E-state index in [0.717, 1.165) is 5.56 Å². The Morgan fingerprint density at radius 2 is 2.11 bits per heavy atom. The van der Waals surface area contributed by atoms with E-state index in [1.165, 1.54) is 7.11 Å². The summed E-state index contributed by atoms with van der Waals surface area (Å²) < 4.78 is 4.66. The van der Waals surface area contributed by atoms with Gasteiger partial charge in [-0.1, -0.05) is 12.1 Å². The molecule has 0 aliphatic carbocycles. The Bertz CT molecular complexity index is 419. The van der Waals surface area contributed by atoms with Gasteiger partial charge in [0.15, 0.2) is 0 Å². The molecular weight excluding hydrogens is 252 g/mol. The molecule has 2 unspecified atom stereocenters. The summed E-state index contributed by atoms with van der Waals surface area (Å²) in [5.74, 6) is 0.0266. The lowest BCUT2D eigenvalue weighted by molar-refractivity contribution is 0.0171. The number of carbonyl (C=O) groups is 1. The van der Waals surface area contributed by atoms with Crippen molar-refractivity contribution in [2.24, 2.45) is 0 Å². The van der Waals surface area contributed by atoms with E-state index in [-0.39, 0.29) is 0 Å². The maximum absolute atomic E-state index is 11.5. The van der Waals surface area contributed by atoms with Crippen molar-refractivity contribution in [3.05, 3.63) is 34.9 Å². The van der Waals surface area contributed by atoms with E-state index in [9.17, 15) is 15.0 Å². The highest BCUT2D eigenvalue weighted by Crippen LogP contribution is 2.22. The fraction of sp³-hybridized carbons (Fsp3) is 0.462. The molecule has 1 aromatic carbocycles. The highest BCUT2D eigenvalue weighted by molar-refractivity contribution is 7.80.